The molecule has 6 nitrogen and oxygen atoms in total. The van der Waals surface area contributed by atoms with Crippen LogP contribution in [0.1, 0.15) is 70.3 Å². The molecule has 0 aromatic heterocycles. The third-order valence-electron chi connectivity index (χ3n) is 6.34. The van der Waals surface area contributed by atoms with Crippen molar-refractivity contribution in [3.8, 4) is 0 Å². The summed E-state index contributed by atoms with van der Waals surface area (Å²) in [5, 5.41) is 29.0. The van der Waals surface area contributed by atoms with E-state index in [1.54, 1.807) is 6.92 Å². The van der Waals surface area contributed by atoms with Crippen LogP contribution >= 0.6 is 0 Å². The molecule has 0 aromatic rings. The second-order valence-electron chi connectivity index (χ2n) is 8.94. The number of carbonyl (C=O) groups is 2. The molecule has 2 aliphatic carbocycles. The quantitative estimate of drug-likeness (QED) is 0.461. The Kier molecular flexibility index (Phi) is 7.49. The molecule has 0 amide bonds. The SMILES string of the molecule is [2H]C([2H])([2H])C(CC)C(=O)O[C@@H]1C[C@H](C)C=C2C=C[C@@H](C)[C@@H](CC[C@H](O)C[C@H](O)CC(=O)O)[C@@H]21. The lowest BCUT2D eigenvalue weighted by atomic mass is 9.65. The van der Waals surface area contributed by atoms with Gasteiger partial charge in [0.1, 0.15) is 6.10 Å². The first kappa shape index (κ1) is 20.3. The average Bonchev–Trinajstić information content (AvgIpc) is 2.65. The van der Waals surface area contributed by atoms with Crippen LogP contribution in [0.15, 0.2) is 23.8 Å². The van der Waals surface area contributed by atoms with Crippen molar-refractivity contribution < 1.29 is 33.8 Å². The second-order valence-corrected chi connectivity index (χ2v) is 8.94. The van der Waals surface area contributed by atoms with Gasteiger partial charge in [0.2, 0.25) is 0 Å². The van der Waals surface area contributed by atoms with Crippen molar-refractivity contribution in [2.75, 3.05) is 0 Å². The number of aliphatic hydroxyl groups is 2. The highest BCUT2D eigenvalue weighted by Crippen LogP contribution is 2.45. The zero-order valence-electron chi connectivity index (χ0n) is 21.2. The minimum absolute atomic E-state index is 0.0111. The van der Waals surface area contributed by atoms with Gasteiger partial charge in [-0.15, -0.1) is 0 Å². The Morgan fingerprint density at radius 2 is 2.03 bits per heavy atom. The Morgan fingerprint density at radius 3 is 2.67 bits per heavy atom. The molecule has 0 aliphatic heterocycles. The van der Waals surface area contributed by atoms with Crippen LogP contribution in [0.5, 0.6) is 0 Å². The van der Waals surface area contributed by atoms with Crippen LogP contribution in [0.2, 0.25) is 0 Å². The van der Waals surface area contributed by atoms with E-state index >= 15 is 0 Å². The van der Waals surface area contributed by atoms with Crippen molar-refractivity contribution in [1.29, 1.82) is 0 Å². The fourth-order valence-corrected chi connectivity index (χ4v) is 4.72. The van der Waals surface area contributed by atoms with Crippen LogP contribution in [0.3, 0.4) is 0 Å². The summed E-state index contributed by atoms with van der Waals surface area (Å²) < 4.78 is 28.9. The van der Waals surface area contributed by atoms with Crippen molar-refractivity contribution in [3.05, 3.63) is 23.8 Å². The molecule has 1 unspecified atom stereocenters. The van der Waals surface area contributed by atoms with E-state index in [9.17, 15) is 19.8 Å². The number of carboxylic acids is 1. The van der Waals surface area contributed by atoms with Crippen molar-refractivity contribution >= 4 is 11.9 Å². The van der Waals surface area contributed by atoms with Crippen LogP contribution in [0.4, 0.5) is 0 Å². The summed E-state index contributed by atoms with van der Waals surface area (Å²) in [4.78, 5) is 23.5. The third kappa shape index (κ3) is 6.67. The second kappa shape index (κ2) is 11.1. The molecule has 3 N–H and O–H groups in total. The Hall–Kier alpha value is -1.66. The highest BCUT2D eigenvalue weighted by atomic mass is 16.5. The molecule has 0 aromatic carbocycles. The number of carboxylic acid groups (broad SMARTS) is 1. The number of ether oxygens (including phenoxy) is 1. The highest BCUT2D eigenvalue weighted by Gasteiger charge is 2.41. The van der Waals surface area contributed by atoms with Gasteiger partial charge in [0.25, 0.3) is 0 Å². The maximum absolute atomic E-state index is 12.8. The first-order valence-corrected chi connectivity index (χ1v) is 11.0. The fraction of sp³-hybridized carbons (Fsp3) is 0.750. The van der Waals surface area contributed by atoms with E-state index in [1.165, 1.54) is 0 Å². The van der Waals surface area contributed by atoms with Crippen LogP contribution in [-0.2, 0) is 14.3 Å². The van der Waals surface area contributed by atoms with E-state index in [1.807, 2.05) is 6.92 Å². The third-order valence-corrected chi connectivity index (χ3v) is 6.34. The lowest BCUT2D eigenvalue weighted by molar-refractivity contribution is -0.158. The maximum atomic E-state index is 12.8. The van der Waals surface area contributed by atoms with E-state index < -0.39 is 49.4 Å². The molecule has 2 rings (SSSR count). The first-order valence-electron chi connectivity index (χ1n) is 12.5. The summed E-state index contributed by atoms with van der Waals surface area (Å²) in [5.41, 5.74) is 1.07. The molecule has 0 saturated heterocycles. The number of fused-ring (bicyclic) bond motifs is 1. The van der Waals surface area contributed by atoms with Gasteiger partial charge in [-0.2, -0.15) is 0 Å². The van der Waals surface area contributed by atoms with Gasteiger partial charge in [0, 0.05) is 10.0 Å². The predicted octanol–water partition coefficient (Wildman–Crippen LogP) is 3.72. The Balaban J connectivity index is 2.15. The van der Waals surface area contributed by atoms with Crippen LogP contribution in [0, 0.1) is 29.6 Å². The van der Waals surface area contributed by atoms with Crippen LogP contribution in [-0.4, -0.2) is 45.6 Å². The summed E-state index contributed by atoms with van der Waals surface area (Å²) >= 11 is 0. The summed E-state index contributed by atoms with van der Waals surface area (Å²) in [6.07, 6.45) is 5.28. The molecule has 2 aliphatic rings. The lowest BCUT2D eigenvalue weighted by Gasteiger charge is -2.43. The number of aliphatic carboxylic acids is 1. The number of carbonyl (C=O) groups excluding carboxylic acids is 1. The van der Waals surface area contributed by atoms with E-state index in [2.05, 4.69) is 25.2 Å². The normalized spacial score (nSPS) is 33.2. The molecule has 8 atom stereocenters. The molecule has 0 fully saturated rings. The van der Waals surface area contributed by atoms with E-state index in [0.29, 0.717) is 19.3 Å². The zero-order chi connectivity index (χ0) is 24.9. The van der Waals surface area contributed by atoms with E-state index in [0.717, 1.165) is 5.57 Å². The topological polar surface area (TPSA) is 104 Å². The van der Waals surface area contributed by atoms with Crippen molar-refractivity contribution in [2.24, 2.45) is 29.6 Å². The van der Waals surface area contributed by atoms with E-state index in [-0.39, 0.29) is 36.5 Å². The van der Waals surface area contributed by atoms with Gasteiger partial charge in [0.15, 0.2) is 0 Å². The number of rotatable bonds is 10. The minimum Gasteiger partial charge on any atom is -0.481 e. The van der Waals surface area contributed by atoms with Gasteiger partial charge >= 0.3 is 11.9 Å². The van der Waals surface area contributed by atoms with Gasteiger partial charge < -0.3 is 20.1 Å². The first-order chi connectivity index (χ1) is 15.3. The number of aliphatic hydroxyl groups excluding tert-OH is 2. The largest absolute Gasteiger partial charge is 0.481 e. The van der Waals surface area contributed by atoms with Crippen molar-refractivity contribution in [1.82, 2.24) is 0 Å². The van der Waals surface area contributed by atoms with Gasteiger partial charge in [0.05, 0.1) is 24.5 Å². The summed E-state index contributed by atoms with van der Waals surface area (Å²) in [6, 6.07) is 0. The molecule has 6 heteroatoms. The Labute approximate surface area is 184 Å². The van der Waals surface area contributed by atoms with Gasteiger partial charge in [-0.1, -0.05) is 45.9 Å². The average molecular weight is 426 g/mol. The highest BCUT2D eigenvalue weighted by molar-refractivity contribution is 5.72. The smallest absolute Gasteiger partial charge is 0.308 e. The lowest BCUT2D eigenvalue weighted by Crippen LogP contribution is -2.41. The summed E-state index contributed by atoms with van der Waals surface area (Å²) in [5.74, 6) is -2.66. The summed E-state index contributed by atoms with van der Waals surface area (Å²) in [6.45, 7) is 3.36. The number of hydrogen-bond donors (Lipinski definition) is 3. The standard InChI is InChI=1S/C24H38O6/c1-5-15(3)24(29)30-21-11-14(2)10-17-7-6-16(4)20(23(17)21)9-8-18(25)12-19(26)13-22(27)28/h6-7,10,14-16,18-21,23,25-26H,5,8-9,11-13H2,1-4H3,(H,27,28)/t14-,15?,16-,18+,19+,20-,21-,23-/m1/s1/i3D3. The zero-order valence-corrected chi connectivity index (χ0v) is 18.2. The Morgan fingerprint density at radius 1 is 1.30 bits per heavy atom. The molecule has 0 bridgehead atoms. The minimum atomic E-state index is -2.41. The van der Waals surface area contributed by atoms with Crippen molar-refractivity contribution in [2.45, 2.75) is 84.5 Å². The van der Waals surface area contributed by atoms with Crippen molar-refractivity contribution in [3.63, 3.8) is 0 Å². The van der Waals surface area contributed by atoms with Gasteiger partial charge in [-0.25, -0.2) is 0 Å². The number of esters is 1. The molecule has 0 spiro atoms. The predicted molar refractivity (Wildman–Crippen MR) is 115 cm³/mol. The molecule has 0 saturated carbocycles. The molecule has 30 heavy (non-hydrogen) atoms. The molecule has 170 valence electrons. The number of hydrogen-bond acceptors (Lipinski definition) is 5. The van der Waals surface area contributed by atoms with Gasteiger partial charge in [-0.3, -0.25) is 9.59 Å². The number of allylic oxidation sites excluding steroid dienone is 3. The summed E-state index contributed by atoms with van der Waals surface area (Å²) in [7, 11) is 0. The molecule has 0 radical (unpaired) electrons. The maximum Gasteiger partial charge on any atom is 0.308 e. The fourth-order valence-electron chi connectivity index (χ4n) is 4.72. The van der Waals surface area contributed by atoms with Gasteiger partial charge in [-0.05, 0) is 55.4 Å². The monoisotopic (exact) mass is 425 g/mol. The molecule has 0 heterocycles. The van der Waals surface area contributed by atoms with E-state index in [4.69, 9.17) is 14.0 Å². The molecular weight excluding hydrogens is 384 g/mol. The molecular formula is C24H38O6. The van der Waals surface area contributed by atoms with Crippen LogP contribution in [0.25, 0.3) is 0 Å². The Bertz CT molecular complexity index is 747. The van der Waals surface area contributed by atoms with Crippen LogP contribution < -0.4 is 0 Å².